The maximum absolute atomic E-state index is 11.2. The molecule has 0 spiro atoms. The van der Waals surface area contributed by atoms with E-state index in [1.807, 2.05) is 24.3 Å². The number of hydrogen-bond acceptors (Lipinski definition) is 2. The second-order valence-corrected chi connectivity index (χ2v) is 6.16. The molecule has 4 nitrogen and oxygen atoms in total. The minimum atomic E-state index is -1.02. The lowest BCUT2D eigenvalue weighted by molar-refractivity contribution is 0.0941. The summed E-state index contributed by atoms with van der Waals surface area (Å²) in [7, 11) is 1.60. The summed E-state index contributed by atoms with van der Waals surface area (Å²) >= 11 is 2.24. The topological polar surface area (TPSA) is 58.6 Å². The molecule has 5 heteroatoms. The molecule has 1 rings (SSSR count). The van der Waals surface area contributed by atoms with E-state index in [4.69, 9.17) is 4.74 Å². The van der Waals surface area contributed by atoms with Gasteiger partial charge in [0.15, 0.2) is 0 Å². The first-order valence-electron chi connectivity index (χ1n) is 6.80. The van der Waals surface area contributed by atoms with Gasteiger partial charge in [0.25, 0.3) is 0 Å². The third kappa shape index (κ3) is 4.94. The zero-order valence-corrected chi connectivity index (χ0v) is 14.1. The number of nitrogens with one attached hydrogen (secondary N) is 1. The van der Waals surface area contributed by atoms with Crippen molar-refractivity contribution in [1.82, 2.24) is 5.32 Å². The summed E-state index contributed by atoms with van der Waals surface area (Å²) in [5.74, 6) is 0. The van der Waals surface area contributed by atoms with Gasteiger partial charge in [-0.2, -0.15) is 0 Å². The number of rotatable bonds is 8. The number of benzene rings is 1. The molecule has 0 aliphatic heterocycles. The van der Waals surface area contributed by atoms with E-state index < -0.39 is 11.6 Å². The Balaban J connectivity index is 3.09. The van der Waals surface area contributed by atoms with E-state index in [1.165, 1.54) is 0 Å². The van der Waals surface area contributed by atoms with Crippen LogP contribution in [-0.2, 0) is 10.3 Å². The highest BCUT2D eigenvalue weighted by Gasteiger charge is 2.33. The van der Waals surface area contributed by atoms with Gasteiger partial charge in [-0.1, -0.05) is 38.3 Å². The van der Waals surface area contributed by atoms with Gasteiger partial charge in [0.05, 0.1) is 12.1 Å². The molecule has 0 bridgehead atoms. The van der Waals surface area contributed by atoms with E-state index >= 15 is 0 Å². The molecule has 112 valence electrons. The molecule has 1 aromatic rings. The second-order valence-electron chi connectivity index (χ2n) is 4.91. The Morgan fingerprint density at radius 1 is 1.45 bits per heavy atom. The summed E-state index contributed by atoms with van der Waals surface area (Å²) in [6.45, 7) is 2.47. The van der Waals surface area contributed by atoms with E-state index in [0.29, 0.717) is 6.61 Å². The Morgan fingerprint density at radius 3 is 2.75 bits per heavy atom. The molecule has 0 fully saturated rings. The van der Waals surface area contributed by atoms with Crippen LogP contribution in [-0.4, -0.2) is 24.9 Å². The van der Waals surface area contributed by atoms with Gasteiger partial charge in [-0.3, -0.25) is 0 Å². The van der Waals surface area contributed by atoms with Gasteiger partial charge in [-0.15, -0.1) is 0 Å². The fraction of sp³-hybridized carbons (Fsp3) is 0.533. The van der Waals surface area contributed by atoms with Crippen LogP contribution in [0.3, 0.4) is 0 Å². The van der Waals surface area contributed by atoms with Crippen molar-refractivity contribution in [2.75, 3.05) is 13.7 Å². The molecule has 2 N–H and O–H groups in total. The van der Waals surface area contributed by atoms with E-state index in [-0.39, 0.29) is 0 Å². The number of hydrogen-bond donors (Lipinski definition) is 2. The number of halogens is 1. The summed E-state index contributed by atoms with van der Waals surface area (Å²) in [6, 6.07) is 7.92. The quantitative estimate of drug-likeness (QED) is 0.521. The number of amides is 1. The van der Waals surface area contributed by atoms with Crippen molar-refractivity contribution in [3.8, 4) is 0 Å². The molecule has 1 aromatic carbocycles. The first-order valence-corrected chi connectivity index (χ1v) is 7.88. The Labute approximate surface area is 134 Å². The molecule has 1 atom stereocenters. The van der Waals surface area contributed by atoms with Crippen molar-refractivity contribution >= 4 is 28.7 Å². The largest absolute Gasteiger partial charge is 0.465 e. The monoisotopic (exact) mass is 391 g/mol. The SMILES string of the molecule is CCCCC[C@@](COC)(NC(=O)O)c1cccc(I)c1. The summed E-state index contributed by atoms with van der Waals surface area (Å²) < 4.78 is 6.39. The normalized spacial score (nSPS) is 13.8. The van der Waals surface area contributed by atoms with Gasteiger partial charge in [-0.05, 0) is 46.7 Å². The first-order chi connectivity index (χ1) is 9.54. The average molecular weight is 391 g/mol. The number of unbranched alkanes of at least 4 members (excludes halogenated alkanes) is 2. The Hall–Kier alpha value is -0.820. The van der Waals surface area contributed by atoms with E-state index in [0.717, 1.165) is 34.8 Å². The molecule has 0 aromatic heterocycles. The average Bonchev–Trinajstić information content (AvgIpc) is 2.38. The van der Waals surface area contributed by atoms with Crippen LogP contribution in [0.2, 0.25) is 0 Å². The van der Waals surface area contributed by atoms with Gasteiger partial charge < -0.3 is 15.2 Å². The van der Waals surface area contributed by atoms with Crippen LogP contribution in [0.4, 0.5) is 4.79 Å². The predicted octanol–water partition coefficient (Wildman–Crippen LogP) is 3.98. The van der Waals surface area contributed by atoms with Gasteiger partial charge in [0.2, 0.25) is 0 Å². The van der Waals surface area contributed by atoms with Gasteiger partial charge in [-0.25, -0.2) is 4.79 Å². The fourth-order valence-electron chi connectivity index (χ4n) is 2.38. The minimum Gasteiger partial charge on any atom is -0.465 e. The lowest BCUT2D eigenvalue weighted by Crippen LogP contribution is -2.48. The fourth-order valence-corrected chi connectivity index (χ4v) is 2.93. The highest BCUT2D eigenvalue weighted by atomic mass is 127. The summed E-state index contributed by atoms with van der Waals surface area (Å²) in [5, 5.41) is 11.9. The van der Waals surface area contributed by atoms with Crippen molar-refractivity contribution in [2.24, 2.45) is 0 Å². The second kappa shape index (κ2) is 8.46. The molecule has 0 saturated carbocycles. The third-order valence-electron chi connectivity index (χ3n) is 3.32. The van der Waals surface area contributed by atoms with E-state index in [9.17, 15) is 9.90 Å². The summed E-state index contributed by atoms with van der Waals surface area (Å²) in [6.07, 6.45) is 2.86. The zero-order valence-electron chi connectivity index (χ0n) is 12.0. The van der Waals surface area contributed by atoms with Crippen LogP contribution < -0.4 is 5.32 Å². The zero-order chi connectivity index (χ0) is 15.0. The maximum atomic E-state index is 11.2. The van der Waals surface area contributed by atoms with Crippen molar-refractivity contribution < 1.29 is 14.6 Å². The molecule has 0 saturated heterocycles. The van der Waals surface area contributed by atoms with E-state index in [1.54, 1.807) is 7.11 Å². The van der Waals surface area contributed by atoms with Crippen molar-refractivity contribution in [2.45, 2.75) is 38.1 Å². The molecule has 0 radical (unpaired) electrons. The maximum Gasteiger partial charge on any atom is 0.405 e. The Bertz CT molecular complexity index is 439. The molecule has 0 aliphatic carbocycles. The molecule has 0 unspecified atom stereocenters. The van der Waals surface area contributed by atoms with Crippen LogP contribution in [0.25, 0.3) is 0 Å². The lowest BCUT2D eigenvalue weighted by Gasteiger charge is -2.34. The molecule has 0 heterocycles. The predicted molar refractivity (Wildman–Crippen MR) is 88.0 cm³/mol. The van der Waals surface area contributed by atoms with Crippen LogP contribution in [0, 0.1) is 3.57 Å². The summed E-state index contributed by atoms with van der Waals surface area (Å²) in [5.41, 5.74) is 0.293. The smallest absolute Gasteiger partial charge is 0.405 e. The van der Waals surface area contributed by atoms with Crippen LogP contribution in [0.1, 0.15) is 38.2 Å². The van der Waals surface area contributed by atoms with Gasteiger partial charge >= 0.3 is 6.09 Å². The van der Waals surface area contributed by atoms with Gasteiger partial charge in [0.1, 0.15) is 0 Å². The first kappa shape index (κ1) is 17.2. The highest BCUT2D eigenvalue weighted by molar-refractivity contribution is 14.1. The van der Waals surface area contributed by atoms with E-state index in [2.05, 4.69) is 34.8 Å². The van der Waals surface area contributed by atoms with Crippen molar-refractivity contribution in [3.63, 3.8) is 0 Å². The number of methoxy groups -OCH3 is 1. The Kier molecular flexibility index (Phi) is 7.29. The van der Waals surface area contributed by atoms with Crippen LogP contribution in [0.5, 0.6) is 0 Å². The highest BCUT2D eigenvalue weighted by Crippen LogP contribution is 2.29. The minimum absolute atomic E-state index is 0.336. The number of ether oxygens (including phenoxy) is 1. The molecule has 20 heavy (non-hydrogen) atoms. The van der Waals surface area contributed by atoms with Gasteiger partial charge in [0, 0.05) is 10.7 Å². The van der Waals surface area contributed by atoms with Crippen LogP contribution >= 0.6 is 22.6 Å². The number of carbonyl (C=O) groups is 1. The van der Waals surface area contributed by atoms with Crippen LogP contribution in [0.15, 0.2) is 24.3 Å². The molecular weight excluding hydrogens is 369 g/mol. The molecule has 1 amide bonds. The van der Waals surface area contributed by atoms with Crippen molar-refractivity contribution in [3.05, 3.63) is 33.4 Å². The van der Waals surface area contributed by atoms with Crippen molar-refractivity contribution in [1.29, 1.82) is 0 Å². The Morgan fingerprint density at radius 2 is 2.20 bits per heavy atom. The molecular formula is C15H22INO3. The molecule has 0 aliphatic rings. The lowest BCUT2D eigenvalue weighted by atomic mass is 9.85. The number of carboxylic acid groups (broad SMARTS) is 1. The summed E-state index contributed by atoms with van der Waals surface area (Å²) in [4.78, 5) is 11.2. The standard InChI is InChI=1S/C15H22INO3/c1-3-4-5-9-15(11-20-2,17-14(18)19)12-7-6-8-13(16)10-12/h6-8,10,17H,3-5,9,11H2,1-2H3,(H,18,19)/t15-/m0/s1. The third-order valence-corrected chi connectivity index (χ3v) is 3.99.